The number of rotatable bonds is 4. The zero-order chi connectivity index (χ0) is 18.4. The quantitative estimate of drug-likeness (QED) is 0.718. The molecule has 1 fully saturated rings. The van der Waals surface area contributed by atoms with E-state index in [9.17, 15) is 9.18 Å². The van der Waals surface area contributed by atoms with E-state index in [2.05, 4.69) is 15.3 Å². The van der Waals surface area contributed by atoms with Crippen molar-refractivity contribution in [2.45, 2.75) is 45.6 Å². The number of hydrogen-bond acceptors (Lipinski definition) is 4. The number of carbonyl (C=O) groups excluding carboxylic acids is 1. The van der Waals surface area contributed by atoms with Crippen molar-refractivity contribution in [3.05, 3.63) is 57.6 Å². The molecule has 26 heavy (non-hydrogen) atoms. The Morgan fingerprint density at radius 3 is 2.69 bits per heavy atom. The number of amides is 1. The summed E-state index contributed by atoms with van der Waals surface area (Å²) in [5.41, 5.74) is 2.29. The number of hydrogen-bond donors (Lipinski definition) is 1. The monoisotopic (exact) mass is 369 g/mol. The fourth-order valence-electron chi connectivity index (χ4n) is 3.27. The summed E-state index contributed by atoms with van der Waals surface area (Å²) < 4.78 is 14.0. The zero-order valence-corrected chi connectivity index (χ0v) is 15.8. The Morgan fingerprint density at radius 1 is 1.27 bits per heavy atom. The number of nitrogens with zero attached hydrogens (tertiary/aromatic N) is 2. The second-order valence-electron chi connectivity index (χ2n) is 6.89. The fourth-order valence-corrected chi connectivity index (χ4v) is 4.41. The number of carbonyl (C=O) groups is 1. The van der Waals surface area contributed by atoms with Crippen LogP contribution in [0.5, 0.6) is 0 Å². The summed E-state index contributed by atoms with van der Waals surface area (Å²) >= 11 is 1.39. The molecule has 4 nitrogen and oxygen atoms in total. The second kappa shape index (κ2) is 6.43. The summed E-state index contributed by atoms with van der Waals surface area (Å²) in [4.78, 5) is 23.6. The van der Waals surface area contributed by atoms with Crippen LogP contribution in [0.2, 0.25) is 0 Å². The molecule has 2 heterocycles. The third-order valence-corrected chi connectivity index (χ3v) is 6.04. The molecule has 0 saturated heterocycles. The first-order valence-corrected chi connectivity index (χ1v) is 9.60. The van der Waals surface area contributed by atoms with E-state index in [4.69, 9.17) is 0 Å². The van der Waals surface area contributed by atoms with Crippen LogP contribution in [-0.2, 0) is 0 Å². The number of aromatic nitrogens is 2. The van der Waals surface area contributed by atoms with E-state index in [1.54, 1.807) is 25.1 Å². The molecule has 1 aromatic carbocycles. The molecule has 0 radical (unpaired) electrons. The molecule has 1 saturated carbocycles. The van der Waals surface area contributed by atoms with Crippen LogP contribution in [0.25, 0.3) is 10.2 Å². The predicted octanol–water partition coefficient (Wildman–Crippen LogP) is 4.82. The highest BCUT2D eigenvalue weighted by atomic mass is 32.1. The van der Waals surface area contributed by atoms with Gasteiger partial charge in [-0.25, -0.2) is 14.4 Å². The van der Waals surface area contributed by atoms with Gasteiger partial charge in [0.05, 0.1) is 16.6 Å². The highest BCUT2D eigenvalue weighted by Gasteiger charge is 2.28. The van der Waals surface area contributed by atoms with Gasteiger partial charge < -0.3 is 5.32 Å². The van der Waals surface area contributed by atoms with Crippen LogP contribution in [-0.4, -0.2) is 15.9 Å². The van der Waals surface area contributed by atoms with Crippen LogP contribution >= 0.6 is 11.3 Å². The number of aryl methyl sites for hydroxylation is 2. The summed E-state index contributed by atoms with van der Waals surface area (Å²) in [6, 6.07) is 6.09. The summed E-state index contributed by atoms with van der Waals surface area (Å²) in [5.74, 6) is 0.847. The molecule has 3 aromatic rings. The largest absolute Gasteiger partial charge is 0.345 e. The predicted molar refractivity (Wildman–Crippen MR) is 101 cm³/mol. The summed E-state index contributed by atoms with van der Waals surface area (Å²) in [7, 11) is 0. The van der Waals surface area contributed by atoms with Gasteiger partial charge in [0, 0.05) is 16.9 Å². The molecule has 0 unspecified atom stereocenters. The van der Waals surface area contributed by atoms with Gasteiger partial charge in [-0.05, 0) is 45.2 Å². The molecule has 1 aliphatic rings. The maximum Gasteiger partial charge on any atom is 0.262 e. The van der Waals surface area contributed by atoms with Crippen LogP contribution in [0.15, 0.2) is 24.3 Å². The van der Waals surface area contributed by atoms with E-state index in [0.29, 0.717) is 16.4 Å². The summed E-state index contributed by atoms with van der Waals surface area (Å²) in [6.07, 6.45) is 2.28. The van der Waals surface area contributed by atoms with E-state index in [1.165, 1.54) is 17.4 Å². The Hall–Kier alpha value is -2.34. The highest BCUT2D eigenvalue weighted by molar-refractivity contribution is 7.20. The lowest BCUT2D eigenvalue weighted by Crippen LogP contribution is -2.27. The van der Waals surface area contributed by atoms with E-state index in [-0.39, 0.29) is 11.7 Å². The van der Waals surface area contributed by atoms with Crippen LogP contribution in [0.4, 0.5) is 4.39 Å². The van der Waals surface area contributed by atoms with Gasteiger partial charge in [-0.2, -0.15) is 0 Å². The highest BCUT2D eigenvalue weighted by Crippen LogP contribution is 2.40. The number of benzene rings is 1. The van der Waals surface area contributed by atoms with E-state index in [0.717, 1.165) is 40.1 Å². The first-order valence-electron chi connectivity index (χ1n) is 8.78. The average molecular weight is 369 g/mol. The van der Waals surface area contributed by atoms with Gasteiger partial charge in [0.15, 0.2) is 0 Å². The zero-order valence-electron chi connectivity index (χ0n) is 15.0. The number of nitrogens with one attached hydrogen (secondary N) is 1. The minimum atomic E-state index is -0.414. The molecule has 4 rings (SSSR count). The van der Waals surface area contributed by atoms with Gasteiger partial charge >= 0.3 is 0 Å². The minimum absolute atomic E-state index is 0.200. The molecule has 0 spiro atoms. The van der Waals surface area contributed by atoms with Crippen molar-refractivity contribution in [1.29, 1.82) is 0 Å². The number of thiophene rings is 1. The maximum absolute atomic E-state index is 14.0. The Kier molecular flexibility index (Phi) is 4.23. The van der Waals surface area contributed by atoms with Crippen molar-refractivity contribution in [3.63, 3.8) is 0 Å². The number of fused-ring (bicyclic) bond motifs is 1. The number of halogens is 1. The average Bonchev–Trinajstić information content (AvgIpc) is 3.39. The van der Waals surface area contributed by atoms with Crippen LogP contribution < -0.4 is 5.32 Å². The lowest BCUT2D eigenvalue weighted by molar-refractivity contribution is 0.0943. The fraction of sp³-hybridized carbons (Fsp3) is 0.350. The first kappa shape index (κ1) is 17.1. The van der Waals surface area contributed by atoms with Crippen molar-refractivity contribution in [2.24, 2.45) is 0 Å². The molecule has 6 heteroatoms. The van der Waals surface area contributed by atoms with Gasteiger partial charge in [-0.3, -0.25) is 4.79 Å². The van der Waals surface area contributed by atoms with Crippen molar-refractivity contribution in [2.75, 3.05) is 0 Å². The van der Waals surface area contributed by atoms with Crippen molar-refractivity contribution >= 4 is 27.5 Å². The normalized spacial score (nSPS) is 15.2. The molecule has 1 atom stereocenters. The Bertz CT molecular complexity index is 1010. The molecular formula is C20H20FN3OS. The molecule has 134 valence electrons. The molecule has 0 bridgehead atoms. The third-order valence-electron chi connectivity index (χ3n) is 4.86. The minimum Gasteiger partial charge on any atom is -0.345 e. The first-order chi connectivity index (χ1) is 12.5. The van der Waals surface area contributed by atoms with Crippen molar-refractivity contribution < 1.29 is 9.18 Å². The maximum atomic E-state index is 14.0. The lowest BCUT2D eigenvalue weighted by atomic mass is 10.1. The van der Waals surface area contributed by atoms with E-state index in [1.807, 2.05) is 13.8 Å². The van der Waals surface area contributed by atoms with Gasteiger partial charge in [0.1, 0.15) is 16.5 Å². The molecule has 0 aliphatic heterocycles. The van der Waals surface area contributed by atoms with Gasteiger partial charge in [-0.15, -0.1) is 11.3 Å². The summed E-state index contributed by atoms with van der Waals surface area (Å²) in [5, 5.41) is 3.87. The van der Waals surface area contributed by atoms with E-state index < -0.39 is 6.04 Å². The SMILES string of the molecule is Cc1nc(C2CC2)nc2sc(C(=O)N[C@@H](C)c3ccccc3F)c(C)c12. The summed E-state index contributed by atoms with van der Waals surface area (Å²) in [6.45, 7) is 5.68. The molecular weight excluding hydrogens is 349 g/mol. The van der Waals surface area contributed by atoms with Gasteiger partial charge in [-0.1, -0.05) is 18.2 Å². The van der Waals surface area contributed by atoms with Crippen LogP contribution in [0.1, 0.15) is 64.0 Å². The third kappa shape index (κ3) is 2.98. The molecule has 2 aromatic heterocycles. The van der Waals surface area contributed by atoms with Crippen LogP contribution in [0, 0.1) is 19.7 Å². The Morgan fingerprint density at radius 2 is 2.00 bits per heavy atom. The molecule has 1 N–H and O–H groups in total. The van der Waals surface area contributed by atoms with Crippen LogP contribution in [0.3, 0.4) is 0 Å². The van der Waals surface area contributed by atoms with Crippen molar-refractivity contribution in [1.82, 2.24) is 15.3 Å². The Labute approximate surface area is 155 Å². The van der Waals surface area contributed by atoms with Gasteiger partial charge in [0.2, 0.25) is 0 Å². The van der Waals surface area contributed by atoms with E-state index >= 15 is 0 Å². The smallest absolute Gasteiger partial charge is 0.262 e. The van der Waals surface area contributed by atoms with Crippen molar-refractivity contribution in [3.8, 4) is 0 Å². The lowest BCUT2D eigenvalue weighted by Gasteiger charge is -2.14. The molecule has 1 aliphatic carbocycles. The second-order valence-corrected chi connectivity index (χ2v) is 7.89. The topological polar surface area (TPSA) is 54.9 Å². The van der Waals surface area contributed by atoms with Gasteiger partial charge in [0.25, 0.3) is 5.91 Å². The Balaban J connectivity index is 1.65. The molecule has 1 amide bonds. The standard InChI is InChI=1S/C20H20FN3OS/c1-10-16-12(3)22-18(13-8-9-13)24-20(16)26-17(10)19(25)23-11(2)14-6-4-5-7-15(14)21/h4-7,11,13H,8-9H2,1-3H3,(H,23,25)/t11-/m0/s1.